The van der Waals surface area contributed by atoms with Crippen molar-refractivity contribution in [2.75, 3.05) is 32.7 Å². The van der Waals surface area contributed by atoms with Crippen LogP contribution in [0.5, 0.6) is 0 Å². The molecule has 0 saturated carbocycles. The van der Waals surface area contributed by atoms with Crippen molar-refractivity contribution in [3.8, 4) is 0 Å². The van der Waals surface area contributed by atoms with Gasteiger partial charge in [0.25, 0.3) is 0 Å². The third kappa shape index (κ3) is 2.24. The molecule has 0 aliphatic carbocycles. The van der Waals surface area contributed by atoms with Gasteiger partial charge in [-0.2, -0.15) is 0 Å². The topological polar surface area (TPSA) is 46.0 Å². The largest absolute Gasteiger partial charge is 0.315 e. The SMILES string of the molecule is CCN1CCC(c2nc3cccnc3n2C2CCNC2)C1. The lowest BCUT2D eigenvalue weighted by molar-refractivity contribution is 0.350. The molecule has 5 heteroatoms. The molecule has 112 valence electrons. The summed E-state index contributed by atoms with van der Waals surface area (Å²) in [4.78, 5) is 12.1. The van der Waals surface area contributed by atoms with Crippen LogP contribution in [0.2, 0.25) is 0 Å². The standard InChI is InChI=1S/C16H23N5/c1-2-20-9-6-12(11-20)15-19-14-4-3-7-18-16(14)21(15)13-5-8-17-10-13/h3-4,7,12-13,17H,2,5-6,8-11H2,1H3. The zero-order valence-electron chi connectivity index (χ0n) is 12.6. The fourth-order valence-corrected chi connectivity index (χ4v) is 3.79. The van der Waals surface area contributed by atoms with Crippen molar-refractivity contribution in [3.63, 3.8) is 0 Å². The molecule has 2 fully saturated rings. The minimum absolute atomic E-state index is 0.510. The van der Waals surface area contributed by atoms with Crippen LogP contribution in [0.3, 0.4) is 0 Å². The number of likely N-dealkylation sites (tertiary alicyclic amines) is 1. The molecule has 2 aromatic heterocycles. The second-order valence-electron chi connectivity index (χ2n) is 6.21. The van der Waals surface area contributed by atoms with Crippen molar-refractivity contribution in [2.24, 2.45) is 0 Å². The third-order valence-electron chi connectivity index (χ3n) is 4.96. The average molecular weight is 285 g/mol. The summed E-state index contributed by atoms with van der Waals surface area (Å²) < 4.78 is 2.43. The van der Waals surface area contributed by atoms with E-state index in [4.69, 9.17) is 4.98 Å². The molecule has 0 spiro atoms. The van der Waals surface area contributed by atoms with E-state index in [1.807, 2.05) is 12.3 Å². The van der Waals surface area contributed by atoms with Crippen molar-refractivity contribution in [3.05, 3.63) is 24.2 Å². The number of hydrogen-bond acceptors (Lipinski definition) is 4. The Hall–Kier alpha value is -1.46. The van der Waals surface area contributed by atoms with Gasteiger partial charge in [-0.1, -0.05) is 6.92 Å². The molecular formula is C16H23N5. The Morgan fingerprint density at radius 2 is 2.33 bits per heavy atom. The number of fused-ring (bicyclic) bond motifs is 1. The molecule has 2 aliphatic heterocycles. The molecule has 0 radical (unpaired) electrons. The number of nitrogens with one attached hydrogen (secondary N) is 1. The summed E-state index contributed by atoms with van der Waals surface area (Å²) in [5.41, 5.74) is 2.12. The predicted molar refractivity (Wildman–Crippen MR) is 83.5 cm³/mol. The Kier molecular flexibility index (Phi) is 3.39. The molecule has 4 heterocycles. The Bertz CT molecular complexity index is 629. The molecule has 0 amide bonds. The highest BCUT2D eigenvalue weighted by molar-refractivity contribution is 5.71. The zero-order chi connectivity index (χ0) is 14.2. The van der Waals surface area contributed by atoms with Gasteiger partial charge in [-0.05, 0) is 44.6 Å². The molecule has 2 atom stereocenters. The smallest absolute Gasteiger partial charge is 0.160 e. The molecule has 4 rings (SSSR count). The van der Waals surface area contributed by atoms with Gasteiger partial charge in [0.1, 0.15) is 11.3 Å². The first-order chi connectivity index (χ1) is 10.4. The van der Waals surface area contributed by atoms with Gasteiger partial charge < -0.3 is 14.8 Å². The van der Waals surface area contributed by atoms with E-state index in [9.17, 15) is 0 Å². The van der Waals surface area contributed by atoms with Crippen LogP contribution in [0, 0.1) is 0 Å². The second kappa shape index (κ2) is 5.39. The summed E-state index contributed by atoms with van der Waals surface area (Å²) in [6.45, 7) is 7.86. The van der Waals surface area contributed by atoms with Crippen LogP contribution in [0.4, 0.5) is 0 Å². The van der Waals surface area contributed by atoms with Crippen molar-refractivity contribution >= 4 is 11.2 Å². The highest BCUT2D eigenvalue weighted by Crippen LogP contribution is 2.32. The van der Waals surface area contributed by atoms with Gasteiger partial charge in [-0.15, -0.1) is 0 Å². The van der Waals surface area contributed by atoms with E-state index < -0.39 is 0 Å². The predicted octanol–water partition coefficient (Wildman–Crippen LogP) is 1.77. The number of aromatic nitrogens is 3. The van der Waals surface area contributed by atoms with E-state index in [0.717, 1.165) is 37.3 Å². The van der Waals surface area contributed by atoms with Crippen molar-refractivity contribution in [1.29, 1.82) is 0 Å². The summed E-state index contributed by atoms with van der Waals surface area (Å²) >= 11 is 0. The van der Waals surface area contributed by atoms with Crippen LogP contribution < -0.4 is 5.32 Å². The zero-order valence-corrected chi connectivity index (χ0v) is 12.6. The van der Waals surface area contributed by atoms with E-state index in [1.165, 1.54) is 25.2 Å². The van der Waals surface area contributed by atoms with Crippen molar-refractivity contribution in [2.45, 2.75) is 31.7 Å². The van der Waals surface area contributed by atoms with Crippen LogP contribution in [0.1, 0.15) is 37.5 Å². The van der Waals surface area contributed by atoms with Gasteiger partial charge >= 0.3 is 0 Å². The fourth-order valence-electron chi connectivity index (χ4n) is 3.79. The third-order valence-corrected chi connectivity index (χ3v) is 4.96. The fraction of sp³-hybridized carbons (Fsp3) is 0.625. The summed E-state index contributed by atoms with van der Waals surface area (Å²) in [6.07, 6.45) is 4.29. The molecule has 0 aromatic carbocycles. The van der Waals surface area contributed by atoms with Gasteiger partial charge in [0.2, 0.25) is 0 Å². The summed E-state index contributed by atoms with van der Waals surface area (Å²) in [7, 11) is 0. The maximum Gasteiger partial charge on any atom is 0.160 e. The van der Waals surface area contributed by atoms with Gasteiger partial charge in [0, 0.05) is 25.2 Å². The molecular weight excluding hydrogens is 262 g/mol. The highest BCUT2D eigenvalue weighted by Gasteiger charge is 2.31. The summed E-state index contributed by atoms with van der Waals surface area (Å²) in [5.74, 6) is 1.81. The Labute approximate surface area is 125 Å². The Balaban J connectivity index is 1.78. The van der Waals surface area contributed by atoms with Crippen molar-refractivity contribution in [1.82, 2.24) is 24.8 Å². The maximum atomic E-state index is 4.95. The minimum Gasteiger partial charge on any atom is -0.315 e. The Morgan fingerprint density at radius 3 is 3.10 bits per heavy atom. The van der Waals surface area contributed by atoms with E-state index in [-0.39, 0.29) is 0 Å². The van der Waals surface area contributed by atoms with Crippen LogP contribution in [0.25, 0.3) is 11.2 Å². The van der Waals surface area contributed by atoms with Crippen LogP contribution >= 0.6 is 0 Å². The molecule has 21 heavy (non-hydrogen) atoms. The lowest BCUT2D eigenvalue weighted by Crippen LogP contribution is -2.22. The van der Waals surface area contributed by atoms with Crippen LogP contribution in [-0.2, 0) is 0 Å². The van der Waals surface area contributed by atoms with Gasteiger partial charge in [0.05, 0.1) is 6.04 Å². The lowest BCUT2D eigenvalue weighted by Gasteiger charge is -2.19. The average Bonchev–Trinajstić information content (AvgIpc) is 3.24. The second-order valence-corrected chi connectivity index (χ2v) is 6.21. The number of nitrogens with zero attached hydrogens (tertiary/aromatic N) is 4. The quantitative estimate of drug-likeness (QED) is 0.933. The van der Waals surface area contributed by atoms with Crippen molar-refractivity contribution < 1.29 is 0 Å². The summed E-state index contributed by atoms with van der Waals surface area (Å²) in [5, 5.41) is 3.48. The number of rotatable bonds is 3. The van der Waals surface area contributed by atoms with E-state index in [2.05, 4.69) is 32.8 Å². The van der Waals surface area contributed by atoms with E-state index >= 15 is 0 Å². The monoisotopic (exact) mass is 285 g/mol. The number of imidazole rings is 1. The maximum absolute atomic E-state index is 4.95. The molecule has 5 nitrogen and oxygen atoms in total. The normalized spacial score (nSPS) is 26.9. The molecule has 2 aromatic rings. The number of pyridine rings is 1. The summed E-state index contributed by atoms with van der Waals surface area (Å²) in [6, 6.07) is 4.59. The molecule has 2 saturated heterocycles. The Morgan fingerprint density at radius 1 is 1.38 bits per heavy atom. The number of likely N-dealkylation sites (N-methyl/N-ethyl adjacent to an activating group) is 1. The molecule has 2 aliphatic rings. The number of hydrogen-bond donors (Lipinski definition) is 1. The molecule has 0 bridgehead atoms. The first-order valence-corrected chi connectivity index (χ1v) is 8.12. The van der Waals surface area contributed by atoms with Gasteiger partial charge in [0.15, 0.2) is 5.65 Å². The first-order valence-electron chi connectivity index (χ1n) is 8.12. The molecule has 2 unspecified atom stereocenters. The van der Waals surface area contributed by atoms with Crippen LogP contribution in [-0.4, -0.2) is 52.2 Å². The highest BCUT2D eigenvalue weighted by atomic mass is 15.2. The first kappa shape index (κ1) is 13.2. The van der Waals surface area contributed by atoms with Gasteiger partial charge in [-0.25, -0.2) is 9.97 Å². The molecule has 1 N–H and O–H groups in total. The van der Waals surface area contributed by atoms with Crippen LogP contribution in [0.15, 0.2) is 18.3 Å². The minimum atomic E-state index is 0.510. The van der Waals surface area contributed by atoms with E-state index in [0.29, 0.717) is 12.0 Å². The van der Waals surface area contributed by atoms with Gasteiger partial charge in [-0.3, -0.25) is 0 Å². The lowest BCUT2D eigenvalue weighted by atomic mass is 10.1. The van der Waals surface area contributed by atoms with E-state index in [1.54, 1.807) is 0 Å².